The standard InChI is InChI=1S/C6H7IN2O/c7-4-2-1-3-5(9-8)6(4)10/h1-3,9-10H,8H2. The molecule has 0 atom stereocenters. The van der Waals surface area contributed by atoms with E-state index in [1.165, 1.54) is 0 Å². The Balaban J connectivity index is 3.14. The molecule has 0 aromatic heterocycles. The van der Waals surface area contributed by atoms with Crippen LogP contribution in [0.5, 0.6) is 5.75 Å². The highest BCUT2D eigenvalue weighted by Gasteiger charge is 2.00. The average molecular weight is 250 g/mol. The van der Waals surface area contributed by atoms with Crippen molar-refractivity contribution in [2.75, 3.05) is 5.43 Å². The molecule has 4 N–H and O–H groups in total. The molecule has 0 saturated heterocycles. The molecule has 54 valence electrons. The largest absolute Gasteiger partial charge is 0.505 e. The van der Waals surface area contributed by atoms with E-state index in [9.17, 15) is 5.11 Å². The molecule has 0 spiro atoms. The molecular formula is C6H7IN2O. The van der Waals surface area contributed by atoms with Crippen molar-refractivity contribution in [2.24, 2.45) is 5.84 Å². The number of anilines is 1. The first-order chi connectivity index (χ1) is 4.75. The van der Waals surface area contributed by atoms with Crippen molar-refractivity contribution in [1.29, 1.82) is 0 Å². The normalized spacial score (nSPS) is 9.40. The molecule has 0 bridgehead atoms. The van der Waals surface area contributed by atoms with Gasteiger partial charge in [-0.05, 0) is 34.7 Å². The highest BCUT2D eigenvalue weighted by molar-refractivity contribution is 14.1. The first-order valence-corrected chi connectivity index (χ1v) is 3.77. The third kappa shape index (κ3) is 1.32. The molecule has 1 aromatic rings. The van der Waals surface area contributed by atoms with Gasteiger partial charge in [0, 0.05) is 0 Å². The number of benzene rings is 1. The highest BCUT2D eigenvalue weighted by atomic mass is 127. The van der Waals surface area contributed by atoms with Crippen LogP contribution in [0.3, 0.4) is 0 Å². The van der Waals surface area contributed by atoms with Crippen LogP contribution in [0, 0.1) is 3.57 Å². The fraction of sp³-hybridized carbons (Fsp3) is 0. The first-order valence-electron chi connectivity index (χ1n) is 2.70. The van der Waals surface area contributed by atoms with Gasteiger partial charge in [0.2, 0.25) is 0 Å². The van der Waals surface area contributed by atoms with Gasteiger partial charge < -0.3 is 10.5 Å². The Labute approximate surface area is 72.3 Å². The maximum Gasteiger partial charge on any atom is 0.153 e. The van der Waals surface area contributed by atoms with E-state index >= 15 is 0 Å². The zero-order valence-electron chi connectivity index (χ0n) is 5.13. The fourth-order valence-electron chi connectivity index (χ4n) is 0.632. The van der Waals surface area contributed by atoms with Crippen LogP contribution in [-0.4, -0.2) is 5.11 Å². The Bertz CT molecular complexity index is 239. The molecule has 1 rings (SSSR count). The van der Waals surface area contributed by atoms with Crippen LogP contribution in [0.1, 0.15) is 0 Å². The van der Waals surface area contributed by atoms with Crippen LogP contribution < -0.4 is 11.3 Å². The van der Waals surface area contributed by atoms with E-state index in [4.69, 9.17) is 5.84 Å². The summed E-state index contributed by atoms with van der Waals surface area (Å²) in [6, 6.07) is 5.32. The van der Waals surface area contributed by atoms with Gasteiger partial charge in [-0.1, -0.05) is 6.07 Å². The van der Waals surface area contributed by atoms with Gasteiger partial charge in [-0.3, -0.25) is 5.84 Å². The molecule has 0 fully saturated rings. The Morgan fingerprint density at radius 3 is 2.70 bits per heavy atom. The van der Waals surface area contributed by atoms with Gasteiger partial charge in [-0.2, -0.15) is 0 Å². The molecule has 0 aliphatic carbocycles. The van der Waals surface area contributed by atoms with Crippen molar-refractivity contribution in [3.05, 3.63) is 21.8 Å². The van der Waals surface area contributed by atoms with E-state index in [1.54, 1.807) is 12.1 Å². The maximum atomic E-state index is 9.25. The Kier molecular flexibility index (Phi) is 2.34. The fourth-order valence-corrected chi connectivity index (χ4v) is 1.13. The third-order valence-electron chi connectivity index (χ3n) is 1.14. The van der Waals surface area contributed by atoms with Gasteiger partial charge in [-0.15, -0.1) is 0 Å². The Morgan fingerprint density at radius 2 is 2.20 bits per heavy atom. The minimum Gasteiger partial charge on any atom is -0.505 e. The number of phenolic OH excluding ortho intramolecular Hbond substituents is 1. The highest BCUT2D eigenvalue weighted by Crippen LogP contribution is 2.27. The lowest BCUT2D eigenvalue weighted by atomic mass is 10.3. The van der Waals surface area contributed by atoms with E-state index in [1.807, 2.05) is 28.7 Å². The van der Waals surface area contributed by atoms with E-state index in [2.05, 4.69) is 5.43 Å². The summed E-state index contributed by atoms with van der Waals surface area (Å²) < 4.78 is 0.785. The average Bonchev–Trinajstić information content (AvgIpc) is 1.95. The number of hydrazine groups is 1. The van der Waals surface area contributed by atoms with Crippen LogP contribution in [0.25, 0.3) is 0 Å². The summed E-state index contributed by atoms with van der Waals surface area (Å²) in [6.45, 7) is 0. The summed E-state index contributed by atoms with van der Waals surface area (Å²) >= 11 is 2.03. The van der Waals surface area contributed by atoms with Gasteiger partial charge in [0.25, 0.3) is 0 Å². The van der Waals surface area contributed by atoms with E-state index in [-0.39, 0.29) is 5.75 Å². The quantitative estimate of drug-likeness (QED) is 0.304. The van der Waals surface area contributed by atoms with Gasteiger partial charge in [0.1, 0.15) is 0 Å². The third-order valence-corrected chi connectivity index (χ3v) is 2.01. The van der Waals surface area contributed by atoms with Crippen LogP contribution in [-0.2, 0) is 0 Å². The SMILES string of the molecule is NNc1cccc(I)c1O. The summed E-state index contributed by atoms with van der Waals surface area (Å²) in [6.07, 6.45) is 0. The summed E-state index contributed by atoms with van der Waals surface area (Å²) in [4.78, 5) is 0. The number of hydrogen-bond acceptors (Lipinski definition) is 3. The Morgan fingerprint density at radius 1 is 1.50 bits per heavy atom. The topological polar surface area (TPSA) is 58.3 Å². The predicted molar refractivity (Wildman–Crippen MR) is 48.6 cm³/mol. The van der Waals surface area contributed by atoms with Crippen molar-refractivity contribution >= 4 is 28.3 Å². The molecule has 3 nitrogen and oxygen atoms in total. The first kappa shape index (κ1) is 7.62. The summed E-state index contributed by atoms with van der Waals surface area (Å²) in [5, 5.41) is 9.25. The second kappa shape index (κ2) is 3.07. The molecule has 0 saturated carbocycles. The second-order valence-electron chi connectivity index (χ2n) is 1.78. The number of aromatic hydroxyl groups is 1. The van der Waals surface area contributed by atoms with Crippen molar-refractivity contribution in [2.45, 2.75) is 0 Å². The van der Waals surface area contributed by atoms with Crippen LogP contribution in [0.4, 0.5) is 5.69 Å². The van der Waals surface area contributed by atoms with Crippen molar-refractivity contribution < 1.29 is 5.11 Å². The number of nitrogens with one attached hydrogen (secondary N) is 1. The number of para-hydroxylation sites is 1. The minimum atomic E-state index is 0.200. The molecule has 0 aliphatic rings. The monoisotopic (exact) mass is 250 g/mol. The van der Waals surface area contributed by atoms with Gasteiger partial charge >= 0.3 is 0 Å². The maximum absolute atomic E-state index is 9.25. The lowest BCUT2D eigenvalue weighted by Gasteiger charge is -2.03. The van der Waals surface area contributed by atoms with Gasteiger partial charge in [0.05, 0.1) is 9.26 Å². The van der Waals surface area contributed by atoms with Crippen molar-refractivity contribution in [1.82, 2.24) is 0 Å². The molecule has 0 unspecified atom stereocenters. The molecule has 10 heavy (non-hydrogen) atoms. The van der Waals surface area contributed by atoms with Gasteiger partial charge in [0.15, 0.2) is 5.75 Å². The number of rotatable bonds is 1. The molecule has 0 heterocycles. The lowest BCUT2D eigenvalue weighted by Crippen LogP contribution is -2.06. The number of halogens is 1. The zero-order valence-corrected chi connectivity index (χ0v) is 7.29. The molecule has 0 aliphatic heterocycles. The van der Waals surface area contributed by atoms with Crippen molar-refractivity contribution in [3.63, 3.8) is 0 Å². The van der Waals surface area contributed by atoms with Gasteiger partial charge in [-0.25, -0.2) is 0 Å². The van der Waals surface area contributed by atoms with Crippen LogP contribution in [0.15, 0.2) is 18.2 Å². The molecular weight excluding hydrogens is 243 g/mol. The van der Waals surface area contributed by atoms with Crippen molar-refractivity contribution in [3.8, 4) is 5.75 Å². The zero-order chi connectivity index (χ0) is 7.56. The minimum absolute atomic E-state index is 0.200. The number of nitrogens with two attached hydrogens (primary N) is 1. The Hall–Kier alpha value is -0.490. The van der Waals surface area contributed by atoms with E-state index < -0.39 is 0 Å². The molecule has 1 aromatic carbocycles. The number of hydrogen-bond donors (Lipinski definition) is 3. The van der Waals surface area contributed by atoms with E-state index in [0.29, 0.717) is 5.69 Å². The lowest BCUT2D eigenvalue weighted by molar-refractivity contribution is 0.473. The van der Waals surface area contributed by atoms with E-state index in [0.717, 1.165) is 3.57 Å². The summed E-state index contributed by atoms with van der Waals surface area (Å²) in [5.41, 5.74) is 2.93. The summed E-state index contributed by atoms with van der Waals surface area (Å²) in [7, 11) is 0. The van der Waals surface area contributed by atoms with Crippen LogP contribution in [0.2, 0.25) is 0 Å². The molecule has 0 radical (unpaired) electrons. The molecule has 4 heteroatoms. The smallest absolute Gasteiger partial charge is 0.153 e. The molecule has 0 amide bonds. The predicted octanol–water partition coefficient (Wildman–Crippen LogP) is 1.28. The number of nitrogen functional groups attached to an aromatic ring is 1. The summed E-state index contributed by atoms with van der Waals surface area (Å²) in [5.74, 6) is 5.31. The van der Waals surface area contributed by atoms with Crippen LogP contribution >= 0.6 is 22.6 Å². The number of phenols is 1. The second-order valence-corrected chi connectivity index (χ2v) is 2.94.